The van der Waals surface area contributed by atoms with Crippen molar-refractivity contribution in [1.29, 1.82) is 0 Å². The van der Waals surface area contributed by atoms with Crippen LogP contribution in [0.25, 0.3) is 16.6 Å². The smallest absolute Gasteiger partial charge is 0.242 e. The molecule has 2 aromatic heterocycles. The summed E-state index contributed by atoms with van der Waals surface area (Å²) >= 11 is 1.28. The van der Waals surface area contributed by atoms with E-state index in [1.165, 1.54) is 38.0 Å². The Morgan fingerprint density at radius 1 is 1.06 bits per heavy atom. The molecule has 2 heterocycles. The number of rotatable bonds is 6. The van der Waals surface area contributed by atoms with Gasteiger partial charge in [-0.3, -0.25) is 9.20 Å². The SMILES string of the molecule is Cc1ccc(S(=O)(=O)N(C)C)cc1NC(=O)CSc1nnc2cc(C)c3ccccc3n12. The van der Waals surface area contributed by atoms with Crippen LogP contribution in [-0.2, 0) is 14.8 Å². The Morgan fingerprint density at radius 2 is 1.81 bits per heavy atom. The van der Waals surface area contributed by atoms with Gasteiger partial charge in [0.15, 0.2) is 10.8 Å². The fourth-order valence-electron chi connectivity index (χ4n) is 3.39. The number of hydrogen-bond acceptors (Lipinski definition) is 6. The molecule has 1 N–H and O–H groups in total. The summed E-state index contributed by atoms with van der Waals surface area (Å²) in [7, 11) is -0.652. The van der Waals surface area contributed by atoms with Crippen LogP contribution in [0.2, 0.25) is 0 Å². The minimum absolute atomic E-state index is 0.104. The van der Waals surface area contributed by atoms with Gasteiger partial charge in [0.05, 0.1) is 16.2 Å². The van der Waals surface area contributed by atoms with Crippen LogP contribution in [0.5, 0.6) is 0 Å². The van der Waals surface area contributed by atoms with E-state index in [2.05, 4.69) is 15.5 Å². The Morgan fingerprint density at radius 3 is 2.56 bits per heavy atom. The molecule has 0 aliphatic rings. The summed E-state index contributed by atoms with van der Waals surface area (Å²) in [6, 6.07) is 14.7. The zero-order valence-corrected chi connectivity index (χ0v) is 19.8. The Balaban J connectivity index is 1.56. The number of amides is 1. The number of fused-ring (bicyclic) bond motifs is 3. The van der Waals surface area contributed by atoms with E-state index in [1.807, 2.05) is 48.6 Å². The van der Waals surface area contributed by atoms with Crippen LogP contribution in [-0.4, -0.2) is 53.1 Å². The molecular weight excluding hydrogens is 446 g/mol. The Hall–Kier alpha value is -2.95. The molecule has 0 fully saturated rings. The monoisotopic (exact) mass is 469 g/mol. The Bertz CT molecular complexity index is 1450. The fourth-order valence-corrected chi connectivity index (χ4v) is 5.07. The summed E-state index contributed by atoms with van der Waals surface area (Å²) in [5, 5.41) is 13.0. The van der Waals surface area contributed by atoms with Gasteiger partial charge in [0.25, 0.3) is 0 Å². The van der Waals surface area contributed by atoms with Gasteiger partial charge in [-0.25, -0.2) is 12.7 Å². The topological polar surface area (TPSA) is 96.7 Å². The number of anilines is 1. The first-order valence-electron chi connectivity index (χ1n) is 9.88. The van der Waals surface area contributed by atoms with Crippen molar-refractivity contribution in [3.8, 4) is 0 Å². The first-order valence-corrected chi connectivity index (χ1v) is 12.3. The molecule has 0 bridgehead atoms. The van der Waals surface area contributed by atoms with E-state index in [0.717, 1.165) is 32.0 Å². The van der Waals surface area contributed by atoms with Crippen LogP contribution < -0.4 is 5.32 Å². The van der Waals surface area contributed by atoms with Crippen LogP contribution in [0, 0.1) is 13.8 Å². The number of carbonyl (C=O) groups excluding carboxylic acids is 1. The molecule has 166 valence electrons. The molecule has 4 rings (SSSR count). The van der Waals surface area contributed by atoms with Crippen molar-refractivity contribution in [2.45, 2.75) is 23.9 Å². The van der Waals surface area contributed by atoms with Gasteiger partial charge in [-0.1, -0.05) is 36.0 Å². The van der Waals surface area contributed by atoms with E-state index in [4.69, 9.17) is 0 Å². The van der Waals surface area contributed by atoms with E-state index in [0.29, 0.717) is 10.8 Å². The van der Waals surface area contributed by atoms with Crippen LogP contribution in [0.15, 0.2) is 58.6 Å². The number of nitrogens with zero attached hydrogens (tertiary/aromatic N) is 4. The van der Waals surface area contributed by atoms with Crippen molar-refractivity contribution in [3.05, 3.63) is 59.7 Å². The summed E-state index contributed by atoms with van der Waals surface area (Å²) in [5.74, 6) is -0.154. The lowest BCUT2D eigenvalue weighted by Crippen LogP contribution is -2.22. The number of aryl methyl sites for hydroxylation is 2. The van der Waals surface area contributed by atoms with Gasteiger partial charge < -0.3 is 5.32 Å². The lowest BCUT2D eigenvalue weighted by Gasteiger charge is -2.14. The van der Waals surface area contributed by atoms with Crippen LogP contribution >= 0.6 is 11.8 Å². The van der Waals surface area contributed by atoms with E-state index >= 15 is 0 Å². The Labute approximate surface area is 190 Å². The number of thioether (sulfide) groups is 1. The lowest BCUT2D eigenvalue weighted by molar-refractivity contribution is -0.113. The third-order valence-corrected chi connectivity index (χ3v) is 7.91. The molecule has 0 saturated heterocycles. The van der Waals surface area contributed by atoms with Gasteiger partial charge in [-0.05, 0) is 49.2 Å². The van der Waals surface area contributed by atoms with E-state index < -0.39 is 10.0 Å². The van der Waals surface area contributed by atoms with Crippen molar-refractivity contribution in [3.63, 3.8) is 0 Å². The first kappa shape index (κ1) is 22.3. The molecule has 0 unspecified atom stereocenters. The maximum atomic E-state index is 12.7. The second-order valence-corrected chi connectivity index (χ2v) is 10.7. The van der Waals surface area contributed by atoms with Gasteiger partial charge in [-0.15, -0.1) is 10.2 Å². The third kappa shape index (κ3) is 4.08. The average Bonchev–Trinajstić information content (AvgIpc) is 3.16. The third-order valence-electron chi connectivity index (χ3n) is 5.17. The minimum atomic E-state index is -3.59. The summed E-state index contributed by atoms with van der Waals surface area (Å²) in [6.07, 6.45) is 0. The minimum Gasteiger partial charge on any atom is -0.325 e. The number of benzene rings is 2. The Kier molecular flexibility index (Phi) is 5.93. The molecule has 0 aliphatic heterocycles. The second kappa shape index (κ2) is 8.53. The molecule has 0 radical (unpaired) electrons. The zero-order chi connectivity index (χ0) is 23.0. The summed E-state index contributed by atoms with van der Waals surface area (Å²) in [5.41, 5.74) is 4.05. The normalized spacial score (nSPS) is 12.0. The lowest BCUT2D eigenvalue weighted by atomic mass is 10.1. The highest BCUT2D eigenvalue weighted by Gasteiger charge is 2.19. The number of sulfonamides is 1. The molecule has 0 aliphatic carbocycles. The molecule has 0 atom stereocenters. The zero-order valence-electron chi connectivity index (χ0n) is 18.2. The molecule has 0 saturated carbocycles. The standard InChI is InChI=1S/C22H23N5O3S2/c1-14-9-10-16(32(29,30)26(3)4)12-18(14)23-21(28)13-31-22-25-24-20-11-15(2)17-7-5-6-8-19(17)27(20)22/h5-12H,13H2,1-4H3,(H,23,28). The number of hydrogen-bond donors (Lipinski definition) is 1. The number of aromatic nitrogens is 3. The number of pyridine rings is 1. The highest BCUT2D eigenvalue weighted by molar-refractivity contribution is 7.99. The highest BCUT2D eigenvalue weighted by Crippen LogP contribution is 2.26. The molecule has 2 aromatic carbocycles. The summed E-state index contributed by atoms with van der Waals surface area (Å²) < 4.78 is 27.9. The van der Waals surface area contributed by atoms with E-state index in [1.54, 1.807) is 6.07 Å². The molecular formula is C22H23N5O3S2. The second-order valence-electron chi connectivity index (χ2n) is 7.62. The number of para-hydroxylation sites is 1. The predicted molar refractivity (Wildman–Crippen MR) is 127 cm³/mol. The molecule has 0 spiro atoms. The maximum Gasteiger partial charge on any atom is 0.242 e. The number of nitrogens with one attached hydrogen (secondary N) is 1. The average molecular weight is 470 g/mol. The van der Waals surface area contributed by atoms with Crippen LogP contribution in [0.1, 0.15) is 11.1 Å². The molecule has 1 amide bonds. The maximum absolute atomic E-state index is 12.7. The van der Waals surface area contributed by atoms with Crippen molar-refractivity contribution in [2.24, 2.45) is 0 Å². The van der Waals surface area contributed by atoms with Crippen molar-refractivity contribution < 1.29 is 13.2 Å². The fraction of sp³-hybridized carbons (Fsp3) is 0.227. The first-order chi connectivity index (χ1) is 15.2. The van der Waals surface area contributed by atoms with Crippen molar-refractivity contribution >= 4 is 49.9 Å². The largest absolute Gasteiger partial charge is 0.325 e. The van der Waals surface area contributed by atoms with Gasteiger partial charge >= 0.3 is 0 Å². The summed E-state index contributed by atoms with van der Waals surface area (Å²) in [6.45, 7) is 3.85. The molecule has 8 nitrogen and oxygen atoms in total. The van der Waals surface area contributed by atoms with Gasteiger partial charge in [0.2, 0.25) is 15.9 Å². The van der Waals surface area contributed by atoms with Crippen molar-refractivity contribution in [2.75, 3.05) is 25.2 Å². The molecule has 32 heavy (non-hydrogen) atoms. The molecule has 10 heteroatoms. The summed E-state index contributed by atoms with van der Waals surface area (Å²) in [4.78, 5) is 12.8. The number of carbonyl (C=O) groups is 1. The van der Waals surface area contributed by atoms with Crippen LogP contribution in [0.3, 0.4) is 0 Å². The van der Waals surface area contributed by atoms with E-state index in [-0.39, 0.29) is 16.6 Å². The van der Waals surface area contributed by atoms with Crippen molar-refractivity contribution in [1.82, 2.24) is 18.9 Å². The highest BCUT2D eigenvalue weighted by atomic mass is 32.2. The predicted octanol–water partition coefficient (Wildman–Crippen LogP) is 3.48. The van der Waals surface area contributed by atoms with Gasteiger partial charge in [-0.2, -0.15) is 0 Å². The van der Waals surface area contributed by atoms with Crippen LogP contribution in [0.4, 0.5) is 5.69 Å². The molecule has 4 aromatic rings. The van der Waals surface area contributed by atoms with Gasteiger partial charge in [0, 0.05) is 25.2 Å². The quantitative estimate of drug-likeness (QED) is 0.434. The van der Waals surface area contributed by atoms with Gasteiger partial charge in [0.1, 0.15) is 0 Å². The van der Waals surface area contributed by atoms with E-state index in [9.17, 15) is 13.2 Å².